The summed E-state index contributed by atoms with van der Waals surface area (Å²) in [6.07, 6.45) is 9.92. The van der Waals surface area contributed by atoms with Crippen LogP contribution >= 0.6 is 0 Å². The fraction of sp³-hybridized carbons (Fsp3) is 0.524. The Morgan fingerprint density at radius 3 is 2.69 bits per heavy atom. The lowest BCUT2D eigenvalue weighted by atomic mass is 9.85. The van der Waals surface area contributed by atoms with Crippen LogP contribution in [0.1, 0.15) is 64.7 Å². The molecule has 0 bridgehead atoms. The largest absolute Gasteiger partial charge is 0.352 e. The molecule has 1 aromatic carbocycles. The third kappa shape index (κ3) is 2.84. The number of carbonyl (C=O) groups excluding carboxylic acids is 1. The summed E-state index contributed by atoms with van der Waals surface area (Å²) in [5, 5.41) is 2.98. The van der Waals surface area contributed by atoms with Crippen LogP contribution in [0.15, 0.2) is 24.7 Å². The Kier molecular flexibility index (Phi) is 3.85. The Morgan fingerprint density at radius 1 is 1.12 bits per heavy atom. The Hall–Kier alpha value is -2.14. The van der Waals surface area contributed by atoms with E-state index < -0.39 is 0 Å². The highest BCUT2D eigenvalue weighted by Gasteiger charge is 2.28. The lowest BCUT2D eigenvalue weighted by Crippen LogP contribution is -2.33. The number of hydrogen-bond acceptors (Lipinski definition) is 3. The standard InChI is InChI=1S/C21H26N4O/c1-24-8-5-14(6-9-24)17-10-16-4-7-22-21(26)18(16)11-20(17)25-12-19(23-13-25)15-2-3-15/h10-15H,2-9H2,1H3,(H,22,26). The van der Waals surface area contributed by atoms with Crippen LogP contribution in [0.2, 0.25) is 0 Å². The first-order valence-electron chi connectivity index (χ1n) is 9.87. The molecule has 2 aromatic rings. The van der Waals surface area contributed by atoms with Gasteiger partial charge in [0.05, 0.1) is 17.7 Å². The lowest BCUT2D eigenvalue weighted by molar-refractivity contribution is 0.0946. The molecule has 1 N–H and O–H groups in total. The van der Waals surface area contributed by atoms with E-state index in [1.54, 1.807) is 0 Å². The summed E-state index contributed by atoms with van der Waals surface area (Å²) in [6.45, 7) is 3.02. The summed E-state index contributed by atoms with van der Waals surface area (Å²) in [5.74, 6) is 1.26. The third-order valence-electron chi connectivity index (χ3n) is 6.21. The minimum absolute atomic E-state index is 0.0601. The molecule has 0 spiro atoms. The Balaban J connectivity index is 1.59. The van der Waals surface area contributed by atoms with Gasteiger partial charge >= 0.3 is 0 Å². The SMILES string of the molecule is CN1CCC(c2cc3c(cc2-n2cnc(C4CC4)c2)C(=O)NCC3)CC1. The molecule has 1 saturated heterocycles. The molecule has 0 unspecified atom stereocenters. The molecule has 5 heteroatoms. The van der Waals surface area contributed by atoms with Crippen LogP contribution < -0.4 is 5.32 Å². The monoisotopic (exact) mass is 350 g/mol. The van der Waals surface area contributed by atoms with Crippen LogP contribution in [0.5, 0.6) is 0 Å². The van der Waals surface area contributed by atoms with Gasteiger partial charge in [0.1, 0.15) is 0 Å². The van der Waals surface area contributed by atoms with Gasteiger partial charge in [-0.25, -0.2) is 4.98 Å². The highest BCUT2D eigenvalue weighted by Crippen LogP contribution is 2.40. The lowest BCUT2D eigenvalue weighted by Gasteiger charge is -2.31. The van der Waals surface area contributed by atoms with Gasteiger partial charge in [-0.05, 0) is 75.4 Å². The molecule has 1 saturated carbocycles. The van der Waals surface area contributed by atoms with Crippen molar-refractivity contribution >= 4 is 5.91 Å². The maximum atomic E-state index is 12.4. The van der Waals surface area contributed by atoms with E-state index in [1.165, 1.54) is 42.5 Å². The third-order valence-corrected chi connectivity index (χ3v) is 6.21. The second-order valence-electron chi connectivity index (χ2n) is 8.13. The summed E-state index contributed by atoms with van der Waals surface area (Å²) in [5.41, 5.74) is 5.78. The molecule has 5 rings (SSSR count). The molecule has 1 aliphatic carbocycles. The maximum Gasteiger partial charge on any atom is 0.251 e. The minimum Gasteiger partial charge on any atom is -0.352 e. The number of nitrogens with one attached hydrogen (secondary N) is 1. The van der Waals surface area contributed by atoms with Crippen molar-refractivity contribution in [1.29, 1.82) is 0 Å². The number of rotatable bonds is 3. The molecule has 3 heterocycles. The summed E-state index contributed by atoms with van der Waals surface area (Å²) >= 11 is 0. The van der Waals surface area contributed by atoms with E-state index in [2.05, 4.69) is 45.1 Å². The molecule has 0 atom stereocenters. The number of hydrogen-bond donors (Lipinski definition) is 1. The number of amides is 1. The van der Waals surface area contributed by atoms with Gasteiger partial charge in [-0.15, -0.1) is 0 Å². The zero-order valence-corrected chi connectivity index (χ0v) is 15.4. The van der Waals surface area contributed by atoms with Crippen LogP contribution in [-0.2, 0) is 6.42 Å². The van der Waals surface area contributed by atoms with Crippen molar-refractivity contribution in [2.45, 2.75) is 43.9 Å². The first-order valence-corrected chi connectivity index (χ1v) is 9.87. The molecule has 5 nitrogen and oxygen atoms in total. The van der Waals surface area contributed by atoms with Crippen molar-refractivity contribution < 1.29 is 4.79 Å². The fourth-order valence-electron chi connectivity index (χ4n) is 4.41. The molecular weight excluding hydrogens is 324 g/mol. The number of imidazole rings is 1. The molecule has 1 amide bonds. The quantitative estimate of drug-likeness (QED) is 0.926. The summed E-state index contributed by atoms with van der Waals surface area (Å²) in [6, 6.07) is 4.42. The van der Waals surface area contributed by atoms with Crippen LogP contribution in [0.3, 0.4) is 0 Å². The molecule has 2 fully saturated rings. The van der Waals surface area contributed by atoms with Gasteiger partial charge in [0, 0.05) is 24.2 Å². The first-order chi connectivity index (χ1) is 12.7. The summed E-state index contributed by atoms with van der Waals surface area (Å²) < 4.78 is 2.16. The van der Waals surface area contributed by atoms with E-state index in [0.29, 0.717) is 11.8 Å². The zero-order valence-electron chi connectivity index (χ0n) is 15.4. The van der Waals surface area contributed by atoms with E-state index in [9.17, 15) is 4.79 Å². The topological polar surface area (TPSA) is 50.2 Å². The van der Waals surface area contributed by atoms with Crippen LogP contribution in [-0.4, -0.2) is 47.0 Å². The van der Waals surface area contributed by atoms with Gasteiger partial charge in [-0.1, -0.05) is 6.07 Å². The average Bonchev–Trinajstić information content (AvgIpc) is 3.39. The Bertz CT molecular complexity index is 844. The predicted octanol–water partition coefficient (Wildman–Crippen LogP) is 2.84. The van der Waals surface area contributed by atoms with Gasteiger partial charge in [0.15, 0.2) is 0 Å². The zero-order chi connectivity index (χ0) is 17.7. The van der Waals surface area contributed by atoms with E-state index in [1.807, 2.05) is 6.33 Å². The molecule has 0 radical (unpaired) electrons. The van der Waals surface area contributed by atoms with Crippen molar-refractivity contribution in [2.24, 2.45) is 0 Å². The number of likely N-dealkylation sites (tertiary alicyclic amines) is 1. The van der Waals surface area contributed by atoms with Gasteiger partial charge in [-0.2, -0.15) is 0 Å². The van der Waals surface area contributed by atoms with Crippen LogP contribution in [0.4, 0.5) is 0 Å². The van der Waals surface area contributed by atoms with Gasteiger partial charge in [-0.3, -0.25) is 4.79 Å². The van der Waals surface area contributed by atoms with E-state index in [4.69, 9.17) is 0 Å². The summed E-state index contributed by atoms with van der Waals surface area (Å²) in [7, 11) is 2.20. The second kappa shape index (κ2) is 6.23. The van der Waals surface area contributed by atoms with Crippen molar-refractivity contribution in [1.82, 2.24) is 19.8 Å². The van der Waals surface area contributed by atoms with Crippen LogP contribution in [0, 0.1) is 0 Å². The molecular formula is C21H26N4O. The van der Waals surface area contributed by atoms with Gasteiger partial charge in [0.2, 0.25) is 0 Å². The smallest absolute Gasteiger partial charge is 0.251 e. The van der Waals surface area contributed by atoms with Crippen molar-refractivity contribution in [3.8, 4) is 5.69 Å². The Labute approximate surface area is 154 Å². The first kappa shape index (κ1) is 16.1. The maximum absolute atomic E-state index is 12.4. The molecule has 3 aliphatic rings. The second-order valence-corrected chi connectivity index (χ2v) is 8.13. The number of aromatic nitrogens is 2. The highest BCUT2D eigenvalue weighted by molar-refractivity contribution is 5.97. The van der Waals surface area contributed by atoms with E-state index in [-0.39, 0.29) is 5.91 Å². The predicted molar refractivity (Wildman–Crippen MR) is 101 cm³/mol. The average molecular weight is 350 g/mol. The normalized spacial score (nSPS) is 21.5. The number of fused-ring (bicyclic) bond motifs is 1. The van der Waals surface area contributed by atoms with Gasteiger partial charge < -0.3 is 14.8 Å². The van der Waals surface area contributed by atoms with Crippen molar-refractivity contribution in [3.05, 3.63) is 47.0 Å². The minimum atomic E-state index is 0.0601. The van der Waals surface area contributed by atoms with Crippen LogP contribution in [0.25, 0.3) is 5.69 Å². The Morgan fingerprint density at radius 2 is 1.92 bits per heavy atom. The molecule has 26 heavy (non-hydrogen) atoms. The molecule has 2 aliphatic heterocycles. The summed E-state index contributed by atoms with van der Waals surface area (Å²) in [4.78, 5) is 19.4. The number of nitrogens with zero attached hydrogens (tertiary/aromatic N) is 3. The molecule has 1 aromatic heterocycles. The van der Waals surface area contributed by atoms with Crippen molar-refractivity contribution in [3.63, 3.8) is 0 Å². The molecule has 136 valence electrons. The number of piperidine rings is 1. The number of carbonyl (C=O) groups is 1. The van der Waals surface area contributed by atoms with E-state index in [0.717, 1.165) is 37.3 Å². The fourth-order valence-corrected chi connectivity index (χ4v) is 4.41. The van der Waals surface area contributed by atoms with Crippen molar-refractivity contribution in [2.75, 3.05) is 26.7 Å². The van der Waals surface area contributed by atoms with E-state index >= 15 is 0 Å². The van der Waals surface area contributed by atoms with Gasteiger partial charge in [0.25, 0.3) is 5.91 Å². The highest BCUT2D eigenvalue weighted by atomic mass is 16.1. The number of benzene rings is 1.